The monoisotopic (exact) mass is 830 g/mol. The topological polar surface area (TPSA) is 172 Å². The first-order valence-electron chi connectivity index (χ1n) is 22.7. The minimum absolute atomic E-state index is 0.000979. The highest BCUT2D eigenvalue weighted by molar-refractivity contribution is 6.01. The van der Waals surface area contributed by atoms with Crippen LogP contribution in [0.25, 0.3) is 0 Å². The first-order chi connectivity index (χ1) is 27.8. The summed E-state index contributed by atoms with van der Waals surface area (Å²) in [7, 11) is 0. The molecule has 11 nitrogen and oxygen atoms in total. The maximum absolute atomic E-state index is 14.2. The van der Waals surface area contributed by atoms with E-state index in [1.54, 1.807) is 26.0 Å². The van der Waals surface area contributed by atoms with E-state index in [0.29, 0.717) is 30.2 Å². The van der Waals surface area contributed by atoms with Gasteiger partial charge < -0.3 is 25.6 Å². The fourth-order valence-electron chi connectivity index (χ4n) is 14.8. The minimum atomic E-state index is -1.26. The maximum Gasteiger partial charge on any atom is 0.309 e. The van der Waals surface area contributed by atoms with Gasteiger partial charge in [0.25, 0.3) is 5.91 Å². The summed E-state index contributed by atoms with van der Waals surface area (Å²) in [5, 5.41) is 27.7. The van der Waals surface area contributed by atoms with Crippen LogP contribution in [0.4, 0.5) is 0 Å². The SMILES string of the molecule is CC(C)C1=C2C3CC[C@@H]4[C@@]5(C)CC[C@H](OC(=O)[C@H]6C[C@@H](C(=O)O)C6(C)C)C(C)(C)[C@@H]5CC[C@@]4(C)[C@]3(C)CC[C@@]2([C@@H](O)CNC(=O)C(C)(C)NC(=O)c2ccncc2)CC1=O. The van der Waals surface area contributed by atoms with Crippen molar-refractivity contribution in [1.29, 1.82) is 0 Å². The number of esters is 1. The van der Waals surface area contributed by atoms with Gasteiger partial charge >= 0.3 is 11.9 Å². The Morgan fingerprint density at radius 1 is 0.867 bits per heavy atom. The van der Waals surface area contributed by atoms with E-state index >= 15 is 0 Å². The maximum atomic E-state index is 14.2. The molecule has 5 saturated carbocycles. The third-order valence-corrected chi connectivity index (χ3v) is 18.6. The number of aromatic nitrogens is 1. The number of carbonyl (C=O) groups is 5. The van der Waals surface area contributed by atoms with Crippen LogP contribution in [0.3, 0.4) is 0 Å². The number of hydrogen-bond acceptors (Lipinski definition) is 8. The zero-order chi connectivity index (χ0) is 44.2. The molecule has 0 aliphatic heterocycles. The fourth-order valence-corrected chi connectivity index (χ4v) is 14.8. The number of Topliss-reactive ketones (excluding diaryl/α,β-unsaturated/α-hetero) is 1. The third-order valence-electron chi connectivity index (χ3n) is 18.6. The lowest BCUT2D eigenvalue weighted by molar-refractivity contribution is -0.238. The van der Waals surface area contributed by atoms with Gasteiger partial charge in [0.2, 0.25) is 5.91 Å². The summed E-state index contributed by atoms with van der Waals surface area (Å²) >= 11 is 0. The van der Waals surface area contributed by atoms with Gasteiger partial charge in [-0.3, -0.25) is 29.0 Å². The molecule has 0 bridgehead atoms. The number of carboxylic acid groups (broad SMARTS) is 1. The fraction of sp³-hybridized carbons (Fsp3) is 0.755. The van der Waals surface area contributed by atoms with E-state index in [-0.39, 0.29) is 64.3 Å². The molecule has 11 heteroatoms. The van der Waals surface area contributed by atoms with Gasteiger partial charge in [0.15, 0.2) is 5.78 Å². The first-order valence-corrected chi connectivity index (χ1v) is 22.7. The van der Waals surface area contributed by atoms with Crippen molar-refractivity contribution < 1.29 is 38.9 Å². The number of aliphatic carboxylic acids is 1. The molecule has 4 N–H and O–H groups in total. The molecule has 0 saturated heterocycles. The Morgan fingerprint density at radius 2 is 1.53 bits per heavy atom. The zero-order valence-electron chi connectivity index (χ0n) is 38.0. The van der Waals surface area contributed by atoms with Gasteiger partial charge in [0, 0.05) is 41.8 Å². The second kappa shape index (κ2) is 14.8. The Morgan fingerprint density at radius 3 is 2.15 bits per heavy atom. The van der Waals surface area contributed by atoms with Gasteiger partial charge in [-0.05, 0) is 135 Å². The summed E-state index contributed by atoms with van der Waals surface area (Å²) in [5.41, 5.74) is -0.679. The number of amides is 2. The van der Waals surface area contributed by atoms with Crippen LogP contribution in [0, 0.1) is 68.0 Å². The van der Waals surface area contributed by atoms with Crippen molar-refractivity contribution in [3.8, 4) is 0 Å². The lowest BCUT2D eigenvalue weighted by atomic mass is 9.33. The Bertz CT molecular complexity index is 1970. The Labute approximate surface area is 357 Å². The minimum Gasteiger partial charge on any atom is -0.481 e. The van der Waals surface area contributed by atoms with Gasteiger partial charge in [-0.15, -0.1) is 0 Å². The van der Waals surface area contributed by atoms with E-state index < -0.39 is 52.1 Å². The van der Waals surface area contributed by atoms with Crippen molar-refractivity contribution in [2.45, 2.75) is 158 Å². The first kappa shape index (κ1) is 44.5. The van der Waals surface area contributed by atoms with Crippen molar-refractivity contribution in [2.75, 3.05) is 6.54 Å². The highest BCUT2D eigenvalue weighted by atomic mass is 16.5. The number of ketones is 1. The van der Waals surface area contributed by atoms with Crippen molar-refractivity contribution in [1.82, 2.24) is 15.6 Å². The third kappa shape index (κ3) is 6.51. The summed E-state index contributed by atoms with van der Waals surface area (Å²) in [4.78, 5) is 70.2. The molecule has 0 aromatic carbocycles. The predicted molar refractivity (Wildman–Crippen MR) is 227 cm³/mol. The number of nitrogens with zero attached hydrogens (tertiary/aromatic N) is 1. The molecule has 11 atom stereocenters. The number of fused-ring (bicyclic) bond motifs is 7. The molecule has 6 aliphatic carbocycles. The largest absolute Gasteiger partial charge is 0.481 e. The summed E-state index contributed by atoms with van der Waals surface area (Å²) in [6.07, 6.45) is 9.61. The summed E-state index contributed by atoms with van der Waals surface area (Å²) < 4.78 is 6.41. The second-order valence-corrected chi connectivity index (χ2v) is 22.7. The summed E-state index contributed by atoms with van der Waals surface area (Å²) in [6, 6.07) is 3.17. The number of carboxylic acids is 1. The quantitative estimate of drug-likeness (QED) is 0.173. The lowest BCUT2D eigenvalue weighted by Gasteiger charge is -2.72. The van der Waals surface area contributed by atoms with Crippen molar-refractivity contribution in [3.63, 3.8) is 0 Å². The standard InChI is InChI=1S/C49H71N3O8/c1-27(2)37-32(53)25-49(35(54)26-51-42(59)45(7,8)52-39(55)28-16-22-50-23-17-28)21-20-47(10)29(38(37)49)12-13-34-46(9)18-15-36(44(5,6)33(46)14-19-48(34,47)11)60-41(58)31-24-30(40(56)57)43(31,3)4/h16-17,22-23,27,29-31,33-36,54H,12-15,18-21,24-26H2,1-11H3,(H,51,59)(H,52,55)(H,56,57)/t29?,30-,31+,33-,34+,35-,36-,46-,47+,48+,49-/m0/s1. The van der Waals surface area contributed by atoms with Crippen LogP contribution in [-0.4, -0.2) is 69.0 Å². The van der Waals surface area contributed by atoms with Crippen molar-refractivity contribution >= 4 is 29.5 Å². The van der Waals surface area contributed by atoms with Crippen LogP contribution in [0.5, 0.6) is 0 Å². The van der Waals surface area contributed by atoms with E-state index in [0.717, 1.165) is 56.1 Å². The number of aliphatic hydroxyl groups excluding tert-OH is 1. The Balaban J connectivity index is 1.10. The normalized spacial score (nSPS) is 38.3. The van der Waals surface area contributed by atoms with Gasteiger partial charge in [0.05, 0.1) is 17.9 Å². The molecular formula is C49H71N3O8. The molecule has 5 fully saturated rings. The van der Waals surface area contributed by atoms with Gasteiger partial charge in [-0.25, -0.2) is 0 Å². The molecular weight excluding hydrogens is 759 g/mol. The molecule has 2 amide bonds. The molecule has 0 spiro atoms. The molecule has 1 aromatic heterocycles. The lowest BCUT2D eigenvalue weighted by Crippen LogP contribution is -2.66. The average molecular weight is 830 g/mol. The molecule has 330 valence electrons. The number of carbonyl (C=O) groups excluding carboxylic acids is 4. The summed E-state index contributed by atoms with van der Waals surface area (Å²) in [6.45, 7) is 23.2. The molecule has 0 radical (unpaired) electrons. The van der Waals surface area contributed by atoms with Crippen molar-refractivity contribution in [2.24, 2.45) is 68.0 Å². The number of rotatable bonds is 10. The van der Waals surface area contributed by atoms with Gasteiger partial charge in [-0.1, -0.05) is 67.9 Å². The van der Waals surface area contributed by atoms with Crippen LogP contribution in [0.1, 0.15) is 151 Å². The average Bonchev–Trinajstić information content (AvgIpc) is 3.47. The second-order valence-electron chi connectivity index (χ2n) is 22.7. The number of hydrogen-bond donors (Lipinski definition) is 4. The smallest absolute Gasteiger partial charge is 0.309 e. The number of allylic oxidation sites excluding steroid dienone is 1. The molecule has 60 heavy (non-hydrogen) atoms. The zero-order valence-corrected chi connectivity index (χ0v) is 38.0. The molecule has 1 unspecified atom stereocenters. The molecule has 6 aliphatic rings. The molecule has 1 heterocycles. The number of aliphatic hydroxyl groups is 1. The van der Waals surface area contributed by atoms with E-state index in [1.165, 1.54) is 12.4 Å². The number of ether oxygens (including phenoxy) is 1. The predicted octanol–water partition coefficient (Wildman–Crippen LogP) is 7.71. The Hall–Kier alpha value is -3.60. The van der Waals surface area contributed by atoms with Gasteiger partial charge in [0.1, 0.15) is 11.6 Å². The molecule has 7 rings (SSSR count). The highest BCUT2D eigenvalue weighted by Crippen LogP contribution is 2.77. The van der Waals surface area contributed by atoms with Crippen molar-refractivity contribution in [3.05, 3.63) is 41.2 Å². The van der Waals surface area contributed by atoms with E-state index in [1.807, 2.05) is 13.8 Å². The van der Waals surface area contributed by atoms with Crippen LogP contribution in [0.15, 0.2) is 35.7 Å². The van der Waals surface area contributed by atoms with E-state index in [9.17, 15) is 34.2 Å². The van der Waals surface area contributed by atoms with Crippen LogP contribution in [-0.2, 0) is 23.9 Å². The van der Waals surface area contributed by atoms with Crippen LogP contribution < -0.4 is 10.6 Å². The number of pyridine rings is 1. The molecule has 1 aromatic rings. The Kier molecular flexibility index (Phi) is 10.9. The van der Waals surface area contributed by atoms with E-state index in [4.69, 9.17) is 4.74 Å². The highest BCUT2D eigenvalue weighted by Gasteiger charge is 2.71. The summed E-state index contributed by atoms with van der Waals surface area (Å²) in [5.74, 6) is -1.88. The van der Waals surface area contributed by atoms with Crippen LogP contribution in [0.2, 0.25) is 0 Å². The van der Waals surface area contributed by atoms with Crippen LogP contribution >= 0.6 is 0 Å². The number of nitrogens with one attached hydrogen (secondary N) is 2. The van der Waals surface area contributed by atoms with Gasteiger partial charge in [-0.2, -0.15) is 0 Å². The van der Waals surface area contributed by atoms with E-state index in [2.05, 4.69) is 64.1 Å².